The minimum Gasteiger partial charge on any atom is -0.345 e. The molecule has 3 heteroatoms. The first kappa shape index (κ1) is 13.1. The summed E-state index contributed by atoms with van der Waals surface area (Å²) < 4.78 is 0. The number of nitrogens with zero attached hydrogens (tertiary/aromatic N) is 1. The lowest BCUT2D eigenvalue weighted by molar-refractivity contribution is 0.0827. The van der Waals surface area contributed by atoms with Crippen molar-refractivity contribution < 1.29 is 4.79 Å². The molecule has 3 nitrogen and oxygen atoms in total. The van der Waals surface area contributed by atoms with E-state index in [9.17, 15) is 4.79 Å². The quantitative estimate of drug-likeness (QED) is 0.868. The highest BCUT2D eigenvalue weighted by Crippen LogP contribution is 2.26. The predicted octanol–water partition coefficient (Wildman–Crippen LogP) is 2.25. The summed E-state index contributed by atoms with van der Waals surface area (Å²) in [6, 6.07) is 8.14. The summed E-state index contributed by atoms with van der Waals surface area (Å²) in [4.78, 5) is 13.4. The van der Waals surface area contributed by atoms with Gasteiger partial charge in [0, 0.05) is 19.7 Å². The number of benzene rings is 1. The second-order valence-corrected chi connectivity index (χ2v) is 5.20. The topological polar surface area (TPSA) is 32.3 Å². The van der Waals surface area contributed by atoms with Crippen molar-refractivity contribution in [3.63, 3.8) is 0 Å². The Bertz CT molecular complexity index is 389. The molecule has 2 rings (SSSR count). The molecular formula is C15H22N2O. The molecule has 1 amide bonds. The summed E-state index contributed by atoms with van der Waals surface area (Å²) >= 11 is 0. The largest absolute Gasteiger partial charge is 0.345 e. The Morgan fingerprint density at radius 2 is 1.89 bits per heavy atom. The van der Waals surface area contributed by atoms with E-state index in [0.29, 0.717) is 5.92 Å². The maximum Gasteiger partial charge on any atom is 0.253 e. The van der Waals surface area contributed by atoms with Crippen molar-refractivity contribution in [1.29, 1.82) is 0 Å². The van der Waals surface area contributed by atoms with E-state index in [1.165, 1.54) is 24.8 Å². The molecule has 1 saturated heterocycles. The summed E-state index contributed by atoms with van der Waals surface area (Å²) in [6.45, 7) is 2.23. The Morgan fingerprint density at radius 3 is 2.56 bits per heavy atom. The summed E-state index contributed by atoms with van der Waals surface area (Å²) in [7, 11) is 3.57. The monoisotopic (exact) mass is 246 g/mol. The second kappa shape index (κ2) is 6.01. The Balaban J connectivity index is 2.09. The fourth-order valence-electron chi connectivity index (χ4n) is 2.51. The molecule has 0 aliphatic carbocycles. The standard InChI is InChI=1S/C15H22N2O/c1-17(2)15(18)14-7-5-13(6-8-14)12-4-3-10-16-11-9-12/h5-8,12,16H,3-4,9-11H2,1-2H3. The van der Waals surface area contributed by atoms with Crippen molar-refractivity contribution in [2.24, 2.45) is 0 Å². The Hall–Kier alpha value is -1.35. The smallest absolute Gasteiger partial charge is 0.253 e. The fourth-order valence-corrected chi connectivity index (χ4v) is 2.51. The van der Waals surface area contributed by atoms with Gasteiger partial charge in [0.15, 0.2) is 0 Å². The van der Waals surface area contributed by atoms with Crippen LogP contribution < -0.4 is 5.32 Å². The zero-order chi connectivity index (χ0) is 13.0. The molecule has 0 aromatic heterocycles. The first-order chi connectivity index (χ1) is 8.68. The lowest BCUT2D eigenvalue weighted by Gasteiger charge is -2.15. The summed E-state index contributed by atoms with van der Waals surface area (Å²) in [5, 5.41) is 3.43. The summed E-state index contributed by atoms with van der Waals surface area (Å²) in [5.41, 5.74) is 2.14. The maximum atomic E-state index is 11.8. The maximum absolute atomic E-state index is 11.8. The molecule has 1 aromatic carbocycles. The van der Waals surface area contributed by atoms with Crippen LogP contribution in [0.2, 0.25) is 0 Å². The van der Waals surface area contributed by atoms with E-state index in [0.717, 1.165) is 18.7 Å². The lowest BCUT2D eigenvalue weighted by Crippen LogP contribution is -2.21. The molecule has 0 radical (unpaired) electrons. The van der Waals surface area contributed by atoms with E-state index < -0.39 is 0 Å². The van der Waals surface area contributed by atoms with Crippen molar-refractivity contribution in [1.82, 2.24) is 10.2 Å². The van der Waals surface area contributed by atoms with E-state index in [1.807, 2.05) is 12.1 Å². The molecule has 0 spiro atoms. The van der Waals surface area contributed by atoms with Crippen LogP contribution in [0.15, 0.2) is 24.3 Å². The van der Waals surface area contributed by atoms with Crippen molar-refractivity contribution in [2.75, 3.05) is 27.2 Å². The summed E-state index contributed by atoms with van der Waals surface area (Å²) in [5.74, 6) is 0.715. The minimum atomic E-state index is 0.0732. The zero-order valence-corrected chi connectivity index (χ0v) is 11.3. The third-order valence-electron chi connectivity index (χ3n) is 3.61. The van der Waals surface area contributed by atoms with Gasteiger partial charge < -0.3 is 10.2 Å². The molecule has 1 atom stereocenters. The van der Waals surface area contributed by atoms with Crippen LogP contribution in [0.5, 0.6) is 0 Å². The molecule has 1 aromatic rings. The minimum absolute atomic E-state index is 0.0732. The van der Waals surface area contributed by atoms with Crippen LogP contribution in [0.1, 0.15) is 41.1 Å². The molecule has 0 bridgehead atoms. The first-order valence-corrected chi connectivity index (χ1v) is 6.71. The SMILES string of the molecule is CN(C)C(=O)c1ccc(C2CCCNCC2)cc1. The van der Waals surface area contributed by atoms with Gasteiger partial charge in [-0.2, -0.15) is 0 Å². The van der Waals surface area contributed by atoms with Crippen LogP contribution in [-0.2, 0) is 0 Å². The second-order valence-electron chi connectivity index (χ2n) is 5.20. The van der Waals surface area contributed by atoms with Crippen LogP contribution in [0.25, 0.3) is 0 Å². The zero-order valence-electron chi connectivity index (χ0n) is 11.3. The Morgan fingerprint density at radius 1 is 1.17 bits per heavy atom. The highest BCUT2D eigenvalue weighted by molar-refractivity contribution is 5.93. The third-order valence-corrected chi connectivity index (χ3v) is 3.61. The van der Waals surface area contributed by atoms with Crippen LogP contribution in [0.3, 0.4) is 0 Å². The molecule has 1 fully saturated rings. The summed E-state index contributed by atoms with van der Waals surface area (Å²) in [6.07, 6.45) is 3.68. The molecule has 0 saturated carbocycles. The van der Waals surface area contributed by atoms with Gasteiger partial charge in [-0.1, -0.05) is 12.1 Å². The van der Waals surface area contributed by atoms with E-state index in [1.54, 1.807) is 19.0 Å². The number of hydrogen-bond acceptors (Lipinski definition) is 2. The van der Waals surface area contributed by atoms with Gasteiger partial charge in [0.2, 0.25) is 0 Å². The van der Waals surface area contributed by atoms with Crippen LogP contribution in [-0.4, -0.2) is 38.0 Å². The number of carbonyl (C=O) groups excluding carboxylic acids is 1. The van der Waals surface area contributed by atoms with Crippen molar-refractivity contribution in [3.05, 3.63) is 35.4 Å². The average molecular weight is 246 g/mol. The molecule has 1 aliphatic rings. The Kier molecular flexibility index (Phi) is 4.37. The van der Waals surface area contributed by atoms with Gasteiger partial charge in [-0.05, 0) is 56.0 Å². The number of hydrogen-bond donors (Lipinski definition) is 1. The van der Waals surface area contributed by atoms with Gasteiger partial charge in [0.05, 0.1) is 0 Å². The number of nitrogens with one attached hydrogen (secondary N) is 1. The van der Waals surface area contributed by atoms with Crippen molar-refractivity contribution in [3.8, 4) is 0 Å². The van der Waals surface area contributed by atoms with Gasteiger partial charge in [-0.3, -0.25) is 4.79 Å². The molecular weight excluding hydrogens is 224 g/mol. The lowest BCUT2D eigenvalue weighted by atomic mass is 9.91. The Labute approximate surface area is 109 Å². The highest BCUT2D eigenvalue weighted by atomic mass is 16.2. The molecule has 98 valence electrons. The fraction of sp³-hybridized carbons (Fsp3) is 0.533. The molecule has 1 aliphatic heterocycles. The van der Waals surface area contributed by atoms with E-state index in [4.69, 9.17) is 0 Å². The van der Waals surface area contributed by atoms with Gasteiger partial charge in [0.25, 0.3) is 5.91 Å². The van der Waals surface area contributed by atoms with E-state index in [2.05, 4.69) is 17.4 Å². The van der Waals surface area contributed by atoms with Gasteiger partial charge in [0.1, 0.15) is 0 Å². The first-order valence-electron chi connectivity index (χ1n) is 6.71. The number of rotatable bonds is 2. The molecule has 1 heterocycles. The predicted molar refractivity (Wildman–Crippen MR) is 73.9 cm³/mol. The van der Waals surface area contributed by atoms with E-state index >= 15 is 0 Å². The van der Waals surface area contributed by atoms with Gasteiger partial charge in [-0.25, -0.2) is 0 Å². The van der Waals surface area contributed by atoms with Crippen LogP contribution in [0.4, 0.5) is 0 Å². The van der Waals surface area contributed by atoms with Gasteiger partial charge in [-0.15, -0.1) is 0 Å². The van der Waals surface area contributed by atoms with E-state index in [-0.39, 0.29) is 5.91 Å². The van der Waals surface area contributed by atoms with Crippen LogP contribution >= 0.6 is 0 Å². The van der Waals surface area contributed by atoms with Gasteiger partial charge >= 0.3 is 0 Å². The number of carbonyl (C=O) groups is 1. The van der Waals surface area contributed by atoms with Crippen molar-refractivity contribution in [2.45, 2.75) is 25.2 Å². The number of amides is 1. The van der Waals surface area contributed by atoms with Crippen LogP contribution in [0, 0.1) is 0 Å². The van der Waals surface area contributed by atoms with Crippen molar-refractivity contribution >= 4 is 5.91 Å². The average Bonchev–Trinajstić information content (AvgIpc) is 2.67. The normalized spacial score (nSPS) is 20.2. The third kappa shape index (κ3) is 3.10. The highest BCUT2D eigenvalue weighted by Gasteiger charge is 2.15. The molecule has 1 unspecified atom stereocenters. The molecule has 18 heavy (non-hydrogen) atoms. The molecule has 1 N–H and O–H groups in total.